The molecular weight excluding hydrogens is 302 g/mol. The van der Waals surface area contributed by atoms with Crippen molar-refractivity contribution in [2.75, 3.05) is 12.3 Å². The van der Waals surface area contributed by atoms with Crippen LogP contribution >= 0.6 is 10.7 Å². The molecule has 1 unspecified atom stereocenters. The maximum atomic E-state index is 11.4. The van der Waals surface area contributed by atoms with Gasteiger partial charge in [-0.3, -0.25) is 0 Å². The Balaban J connectivity index is 2.19. The third-order valence-electron chi connectivity index (χ3n) is 2.66. The second-order valence-electron chi connectivity index (χ2n) is 4.58. The first-order valence-electron chi connectivity index (χ1n) is 6.23. The van der Waals surface area contributed by atoms with Gasteiger partial charge >= 0.3 is 6.09 Å². The summed E-state index contributed by atoms with van der Waals surface area (Å²) in [7, 11) is 1.64. The maximum Gasteiger partial charge on any atom is 0.407 e. The van der Waals surface area contributed by atoms with Crippen molar-refractivity contribution in [3.05, 3.63) is 35.9 Å². The molecule has 0 saturated heterocycles. The van der Waals surface area contributed by atoms with E-state index in [2.05, 4.69) is 5.32 Å². The second kappa shape index (κ2) is 8.11. The summed E-state index contributed by atoms with van der Waals surface area (Å²) in [5, 5.41) is 2.59. The average Bonchev–Trinajstić information content (AvgIpc) is 2.41. The number of rotatable bonds is 7. The topological polar surface area (TPSA) is 72.5 Å². The van der Waals surface area contributed by atoms with Gasteiger partial charge in [-0.25, -0.2) is 13.2 Å². The molecule has 1 N–H and O–H groups in total. The Labute approximate surface area is 123 Å². The van der Waals surface area contributed by atoms with Gasteiger partial charge in [0.25, 0.3) is 0 Å². The summed E-state index contributed by atoms with van der Waals surface area (Å²) in [6.45, 7) is 2.39. The Hall–Kier alpha value is -1.27. The first-order chi connectivity index (χ1) is 9.37. The Morgan fingerprint density at radius 3 is 2.60 bits per heavy atom. The first-order valence-corrected chi connectivity index (χ1v) is 8.71. The number of hydrogen-bond donors (Lipinski definition) is 1. The minimum absolute atomic E-state index is 0.00722. The molecule has 1 rings (SSSR count). The van der Waals surface area contributed by atoms with Crippen LogP contribution in [0.3, 0.4) is 0 Å². The molecule has 0 spiro atoms. The number of carbonyl (C=O) groups is 1. The van der Waals surface area contributed by atoms with Crippen LogP contribution in [0.5, 0.6) is 0 Å². The fraction of sp³-hybridized carbons (Fsp3) is 0.462. The molecule has 0 radical (unpaired) electrons. The highest BCUT2D eigenvalue weighted by Crippen LogP contribution is 2.07. The molecule has 0 aliphatic rings. The Morgan fingerprint density at radius 1 is 1.35 bits per heavy atom. The van der Waals surface area contributed by atoms with Crippen LogP contribution in [0.25, 0.3) is 0 Å². The number of carbonyl (C=O) groups excluding carboxylic acids is 1. The monoisotopic (exact) mass is 319 g/mol. The largest absolute Gasteiger partial charge is 0.445 e. The highest BCUT2D eigenvalue weighted by molar-refractivity contribution is 8.13. The van der Waals surface area contributed by atoms with Crippen LogP contribution in [0.1, 0.15) is 18.9 Å². The lowest BCUT2D eigenvalue weighted by molar-refractivity contribution is 0.138. The van der Waals surface area contributed by atoms with Gasteiger partial charge in [-0.05, 0) is 17.9 Å². The standard InChI is InChI=1S/C13H18ClNO4S/c1-11(7-8-20(14,17)18)9-15-13(16)19-10-12-5-3-2-4-6-12/h2-6,11H,7-10H2,1H3,(H,15,16). The number of ether oxygens (including phenoxy) is 1. The van der Waals surface area contributed by atoms with Crippen molar-refractivity contribution in [2.45, 2.75) is 20.0 Å². The van der Waals surface area contributed by atoms with Crippen molar-refractivity contribution >= 4 is 25.8 Å². The van der Waals surface area contributed by atoms with Crippen LogP contribution in [-0.4, -0.2) is 26.8 Å². The summed E-state index contributed by atoms with van der Waals surface area (Å²) in [5.41, 5.74) is 0.906. The number of amides is 1. The minimum Gasteiger partial charge on any atom is -0.445 e. The summed E-state index contributed by atoms with van der Waals surface area (Å²) < 4.78 is 26.6. The predicted octanol–water partition coefficient (Wildman–Crippen LogP) is 2.51. The van der Waals surface area contributed by atoms with Gasteiger partial charge in [0.05, 0.1) is 5.75 Å². The van der Waals surface area contributed by atoms with Gasteiger partial charge in [-0.15, -0.1) is 0 Å². The van der Waals surface area contributed by atoms with Crippen LogP contribution in [0.15, 0.2) is 30.3 Å². The van der Waals surface area contributed by atoms with Crippen molar-refractivity contribution in [1.29, 1.82) is 0 Å². The molecule has 1 aromatic rings. The fourth-order valence-corrected chi connectivity index (χ4v) is 2.43. The van der Waals surface area contributed by atoms with Crippen LogP contribution in [-0.2, 0) is 20.4 Å². The predicted molar refractivity (Wildman–Crippen MR) is 78.1 cm³/mol. The Kier molecular flexibility index (Phi) is 6.81. The minimum atomic E-state index is -3.48. The molecule has 1 amide bonds. The number of benzene rings is 1. The summed E-state index contributed by atoms with van der Waals surface area (Å²) >= 11 is 0. The third kappa shape index (κ3) is 8.01. The zero-order chi connectivity index (χ0) is 15.0. The van der Waals surface area contributed by atoms with E-state index in [0.717, 1.165) is 5.56 Å². The summed E-state index contributed by atoms with van der Waals surface area (Å²) in [6, 6.07) is 9.34. The molecule has 1 atom stereocenters. The molecule has 0 bridgehead atoms. The molecule has 0 aliphatic carbocycles. The van der Waals surface area contributed by atoms with Gasteiger partial charge in [0.1, 0.15) is 6.61 Å². The van der Waals surface area contributed by atoms with Gasteiger partial charge in [-0.2, -0.15) is 0 Å². The summed E-state index contributed by atoms with van der Waals surface area (Å²) in [4.78, 5) is 11.4. The molecule has 0 aliphatic heterocycles. The quantitative estimate of drug-likeness (QED) is 0.784. The molecule has 0 heterocycles. The lowest BCUT2D eigenvalue weighted by Crippen LogP contribution is -2.29. The molecule has 5 nitrogen and oxygen atoms in total. The molecule has 112 valence electrons. The molecule has 0 fully saturated rings. The van der Waals surface area contributed by atoms with Gasteiger partial charge in [0, 0.05) is 17.2 Å². The van der Waals surface area contributed by atoms with Crippen molar-refractivity contribution in [3.8, 4) is 0 Å². The van der Waals surface area contributed by atoms with Crippen molar-refractivity contribution in [2.24, 2.45) is 5.92 Å². The normalized spacial score (nSPS) is 12.7. The molecule has 0 saturated carbocycles. The van der Waals surface area contributed by atoms with Gasteiger partial charge in [0.2, 0.25) is 9.05 Å². The smallest absolute Gasteiger partial charge is 0.407 e. The number of alkyl carbamates (subject to hydrolysis) is 1. The van der Waals surface area contributed by atoms with E-state index in [1.165, 1.54) is 0 Å². The zero-order valence-corrected chi connectivity index (χ0v) is 12.8. The van der Waals surface area contributed by atoms with Crippen molar-refractivity contribution < 1.29 is 17.9 Å². The van der Waals surface area contributed by atoms with Crippen molar-refractivity contribution in [1.82, 2.24) is 5.32 Å². The molecule has 20 heavy (non-hydrogen) atoms. The van der Waals surface area contributed by atoms with E-state index in [1.807, 2.05) is 37.3 Å². The van der Waals surface area contributed by atoms with E-state index in [4.69, 9.17) is 15.4 Å². The van der Waals surface area contributed by atoms with Crippen molar-refractivity contribution in [3.63, 3.8) is 0 Å². The average molecular weight is 320 g/mol. The summed E-state index contributed by atoms with van der Waals surface area (Å²) in [5.74, 6) is -0.0935. The number of halogens is 1. The Bertz CT molecular complexity index is 518. The fourth-order valence-electron chi connectivity index (χ4n) is 1.48. The van der Waals surface area contributed by atoms with E-state index in [-0.39, 0.29) is 18.3 Å². The first kappa shape index (κ1) is 16.8. The van der Waals surface area contributed by atoms with Crippen LogP contribution in [0.4, 0.5) is 4.79 Å². The lowest BCUT2D eigenvalue weighted by atomic mass is 10.1. The highest BCUT2D eigenvalue weighted by atomic mass is 35.7. The third-order valence-corrected chi connectivity index (χ3v) is 3.85. The summed E-state index contributed by atoms with van der Waals surface area (Å²) in [6.07, 6.45) is -0.125. The molecule has 7 heteroatoms. The molecule has 0 aromatic heterocycles. The van der Waals surface area contributed by atoms with Gasteiger partial charge in [0.15, 0.2) is 0 Å². The van der Waals surface area contributed by atoms with Crippen LogP contribution in [0, 0.1) is 5.92 Å². The van der Waals surface area contributed by atoms with E-state index in [0.29, 0.717) is 13.0 Å². The maximum absolute atomic E-state index is 11.4. The second-order valence-corrected chi connectivity index (χ2v) is 7.48. The SMILES string of the molecule is CC(CCS(=O)(=O)Cl)CNC(=O)OCc1ccccc1. The zero-order valence-electron chi connectivity index (χ0n) is 11.2. The van der Waals surface area contributed by atoms with Gasteiger partial charge in [-0.1, -0.05) is 37.3 Å². The van der Waals surface area contributed by atoms with E-state index < -0.39 is 15.1 Å². The van der Waals surface area contributed by atoms with Gasteiger partial charge < -0.3 is 10.1 Å². The van der Waals surface area contributed by atoms with E-state index >= 15 is 0 Å². The number of hydrogen-bond acceptors (Lipinski definition) is 4. The Morgan fingerprint density at radius 2 is 2.00 bits per heavy atom. The van der Waals surface area contributed by atoms with Crippen LogP contribution in [0.2, 0.25) is 0 Å². The van der Waals surface area contributed by atoms with E-state index in [9.17, 15) is 13.2 Å². The van der Waals surface area contributed by atoms with Crippen LogP contribution < -0.4 is 5.32 Å². The van der Waals surface area contributed by atoms with E-state index in [1.54, 1.807) is 0 Å². The lowest BCUT2D eigenvalue weighted by Gasteiger charge is -2.12. The molecule has 1 aromatic carbocycles. The highest BCUT2D eigenvalue weighted by Gasteiger charge is 2.11. The molecular formula is C13H18ClNO4S. The number of nitrogens with one attached hydrogen (secondary N) is 1.